The van der Waals surface area contributed by atoms with Crippen LogP contribution in [0.5, 0.6) is 0 Å². The van der Waals surface area contributed by atoms with E-state index in [1.165, 1.54) is 15.9 Å². The number of piperazine rings is 1. The summed E-state index contributed by atoms with van der Waals surface area (Å²) < 4.78 is 41.2. The molecule has 0 spiro atoms. The number of hydrogen-bond acceptors (Lipinski definition) is 4. The van der Waals surface area contributed by atoms with Gasteiger partial charge in [-0.2, -0.15) is 4.31 Å². The van der Waals surface area contributed by atoms with Crippen molar-refractivity contribution in [2.45, 2.75) is 25.7 Å². The zero-order valence-corrected chi connectivity index (χ0v) is 18.5. The Labute approximate surface area is 177 Å². The van der Waals surface area contributed by atoms with E-state index in [0.717, 1.165) is 17.8 Å². The lowest BCUT2D eigenvalue weighted by atomic mass is 10.1. The Morgan fingerprint density at radius 1 is 1.03 bits per heavy atom. The highest BCUT2D eigenvalue weighted by Crippen LogP contribution is 2.22. The van der Waals surface area contributed by atoms with Crippen molar-refractivity contribution in [3.8, 4) is 0 Å². The van der Waals surface area contributed by atoms with Gasteiger partial charge in [0.1, 0.15) is 5.82 Å². The molecule has 6 nitrogen and oxygen atoms in total. The Morgan fingerprint density at radius 3 is 2.30 bits per heavy atom. The second-order valence-corrected chi connectivity index (χ2v) is 9.29. The van der Waals surface area contributed by atoms with E-state index >= 15 is 0 Å². The number of sulfonamides is 1. The van der Waals surface area contributed by atoms with Gasteiger partial charge < -0.3 is 9.80 Å². The fourth-order valence-electron chi connectivity index (χ4n) is 3.70. The number of benzene rings is 2. The molecule has 2 aromatic carbocycles. The summed E-state index contributed by atoms with van der Waals surface area (Å²) in [4.78, 5) is 16.7. The first-order valence-electron chi connectivity index (χ1n) is 10.2. The van der Waals surface area contributed by atoms with Gasteiger partial charge in [0.05, 0.1) is 10.5 Å². The van der Waals surface area contributed by atoms with E-state index in [1.54, 1.807) is 18.7 Å². The van der Waals surface area contributed by atoms with E-state index < -0.39 is 21.7 Å². The maximum atomic E-state index is 14.4. The third kappa shape index (κ3) is 4.49. The molecule has 0 radical (unpaired) electrons. The van der Waals surface area contributed by atoms with Gasteiger partial charge in [0.25, 0.3) is 5.91 Å². The first-order valence-corrected chi connectivity index (χ1v) is 11.6. The van der Waals surface area contributed by atoms with Gasteiger partial charge >= 0.3 is 0 Å². The van der Waals surface area contributed by atoms with Crippen LogP contribution in [-0.2, 0) is 10.0 Å². The van der Waals surface area contributed by atoms with Gasteiger partial charge in [-0.3, -0.25) is 4.79 Å². The van der Waals surface area contributed by atoms with Crippen LogP contribution >= 0.6 is 0 Å². The molecule has 0 atom stereocenters. The first kappa shape index (κ1) is 22.2. The van der Waals surface area contributed by atoms with Crippen molar-refractivity contribution < 1.29 is 17.6 Å². The third-order valence-corrected chi connectivity index (χ3v) is 7.49. The predicted molar refractivity (Wildman–Crippen MR) is 116 cm³/mol. The Balaban J connectivity index is 1.78. The van der Waals surface area contributed by atoms with Crippen LogP contribution in [0.2, 0.25) is 0 Å². The summed E-state index contributed by atoms with van der Waals surface area (Å²) in [6, 6.07) is 11.6. The van der Waals surface area contributed by atoms with Gasteiger partial charge in [-0.05, 0) is 42.8 Å². The summed E-state index contributed by atoms with van der Waals surface area (Å²) in [7, 11) is -3.77. The van der Waals surface area contributed by atoms with Crippen molar-refractivity contribution in [3.63, 3.8) is 0 Å². The van der Waals surface area contributed by atoms with Crippen molar-refractivity contribution >= 4 is 21.6 Å². The number of hydrogen-bond donors (Lipinski definition) is 0. The second kappa shape index (κ2) is 9.14. The smallest absolute Gasteiger partial charge is 0.256 e. The zero-order valence-electron chi connectivity index (χ0n) is 17.6. The third-order valence-electron chi connectivity index (χ3n) is 5.45. The lowest BCUT2D eigenvalue weighted by Crippen LogP contribution is -2.49. The van der Waals surface area contributed by atoms with Crippen molar-refractivity contribution in [2.75, 3.05) is 44.2 Å². The molecule has 0 aliphatic carbocycles. The molecule has 0 unspecified atom stereocenters. The maximum Gasteiger partial charge on any atom is 0.256 e. The summed E-state index contributed by atoms with van der Waals surface area (Å²) in [5.41, 5.74) is 2.06. The average Bonchev–Trinajstić information content (AvgIpc) is 2.74. The van der Waals surface area contributed by atoms with Crippen LogP contribution in [0.25, 0.3) is 0 Å². The number of carbonyl (C=O) groups is 1. The molecule has 3 rings (SSSR count). The molecule has 0 N–H and O–H groups in total. The number of anilines is 1. The molecule has 8 heteroatoms. The van der Waals surface area contributed by atoms with Crippen LogP contribution < -0.4 is 4.90 Å². The van der Waals surface area contributed by atoms with Crippen LogP contribution in [0, 0.1) is 12.7 Å². The molecule has 162 valence electrons. The quantitative estimate of drug-likeness (QED) is 0.702. The molecule has 1 heterocycles. The van der Waals surface area contributed by atoms with Gasteiger partial charge in [0.2, 0.25) is 10.0 Å². The highest BCUT2D eigenvalue weighted by molar-refractivity contribution is 7.89. The summed E-state index contributed by atoms with van der Waals surface area (Å²) in [5.74, 6) is -1.19. The molecule has 1 amide bonds. The molecule has 30 heavy (non-hydrogen) atoms. The van der Waals surface area contributed by atoms with Gasteiger partial charge in [0, 0.05) is 45.0 Å². The van der Waals surface area contributed by atoms with Gasteiger partial charge in [-0.15, -0.1) is 0 Å². The van der Waals surface area contributed by atoms with E-state index in [9.17, 15) is 17.6 Å². The number of amides is 1. The van der Waals surface area contributed by atoms with Crippen LogP contribution in [0.1, 0.15) is 29.8 Å². The number of rotatable bonds is 6. The summed E-state index contributed by atoms with van der Waals surface area (Å²) in [6.45, 7) is 8.28. The normalized spacial score (nSPS) is 15.0. The van der Waals surface area contributed by atoms with Gasteiger partial charge in [0.15, 0.2) is 0 Å². The largest absolute Gasteiger partial charge is 0.368 e. The summed E-state index contributed by atoms with van der Waals surface area (Å²) >= 11 is 0. The van der Waals surface area contributed by atoms with Crippen molar-refractivity contribution in [2.24, 2.45) is 0 Å². The van der Waals surface area contributed by atoms with Crippen molar-refractivity contribution in [1.29, 1.82) is 0 Å². The minimum absolute atomic E-state index is 0.0608. The standard InChI is InChI=1S/C22H28FN3O3S/c1-4-26(5-2)30(28,29)19-9-10-21(23)20(16-19)22(27)25-13-11-24(12-14-25)18-8-6-7-17(3)15-18/h6-10,15-16H,4-5,11-14H2,1-3H3. The molecule has 2 aromatic rings. The van der Waals surface area contributed by atoms with E-state index in [-0.39, 0.29) is 10.5 Å². The van der Waals surface area contributed by atoms with Crippen molar-refractivity contribution in [1.82, 2.24) is 9.21 Å². The monoisotopic (exact) mass is 433 g/mol. The molecular weight excluding hydrogens is 405 g/mol. The molecular formula is C22H28FN3O3S. The minimum atomic E-state index is -3.77. The highest BCUT2D eigenvalue weighted by atomic mass is 32.2. The van der Waals surface area contributed by atoms with Crippen LogP contribution in [0.15, 0.2) is 47.4 Å². The fourth-order valence-corrected chi connectivity index (χ4v) is 5.19. The summed E-state index contributed by atoms with van der Waals surface area (Å²) in [5, 5.41) is 0. The Kier molecular flexibility index (Phi) is 6.77. The Hall–Kier alpha value is -2.45. The predicted octanol–water partition coefficient (Wildman–Crippen LogP) is 3.13. The van der Waals surface area contributed by atoms with Crippen LogP contribution in [0.3, 0.4) is 0 Å². The van der Waals surface area contributed by atoms with Gasteiger partial charge in [-0.25, -0.2) is 12.8 Å². The van der Waals surface area contributed by atoms with E-state index in [1.807, 2.05) is 25.1 Å². The summed E-state index contributed by atoms with van der Waals surface area (Å²) in [6.07, 6.45) is 0. The fraction of sp³-hybridized carbons (Fsp3) is 0.409. The molecule has 1 saturated heterocycles. The minimum Gasteiger partial charge on any atom is -0.368 e. The Bertz CT molecular complexity index is 1010. The topological polar surface area (TPSA) is 60.9 Å². The lowest BCUT2D eigenvalue weighted by molar-refractivity contribution is 0.0741. The average molecular weight is 434 g/mol. The van der Waals surface area contributed by atoms with Crippen molar-refractivity contribution in [3.05, 3.63) is 59.4 Å². The number of carbonyl (C=O) groups excluding carboxylic acids is 1. The SMILES string of the molecule is CCN(CC)S(=O)(=O)c1ccc(F)c(C(=O)N2CCN(c3cccc(C)c3)CC2)c1. The van der Waals surface area contributed by atoms with E-state index in [0.29, 0.717) is 39.3 Å². The van der Waals surface area contributed by atoms with E-state index in [4.69, 9.17) is 0 Å². The molecule has 1 aliphatic heterocycles. The molecule has 0 aromatic heterocycles. The van der Waals surface area contributed by atoms with Gasteiger partial charge in [-0.1, -0.05) is 26.0 Å². The molecule has 1 aliphatic rings. The zero-order chi connectivity index (χ0) is 21.9. The molecule has 0 saturated carbocycles. The van der Waals surface area contributed by atoms with Crippen LogP contribution in [0.4, 0.5) is 10.1 Å². The highest BCUT2D eigenvalue weighted by Gasteiger charge is 2.28. The Morgan fingerprint density at radius 2 is 1.70 bits per heavy atom. The lowest BCUT2D eigenvalue weighted by Gasteiger charge is -2.36. The first-order chi connectivity index (χ1) is 14.3. The maximum absolute atomic E-state index is 14.4. The molecule has 1 fully saturated rings. The van der Waals surface area contributed by atoms with Crippen LogP contribution in [-0.4, -0.2) is 62.8 Å². The van der Waals surface area contributed by atoms with E-state index in [2.05, 4.69) is 11.0 Å². The second-order valence-electron chi connectivity index (χ2n) is 7.35. The number of nitrogens with zero attached hydrogens (tertiary/aromatic N) is 3. The number of halogens is 1. The number of aryl methyl sites for hydroxylation is 1. The molecule has 0 bridgehead atoms.